The minimum absolute atomic E-state index is 0.0292. The molecule has 2 N–H and O–H groups in total. The van der Waals surface area contributed by atoms with E-state index < -0.39 is 0 Å². The molecule has 25 heavy (non-hydrogen) atoms. The van der Waals surface area contributed by atoms with Crippen molar-refractivity contribution in [1.29, 1.82) is 0 Å². The number of hydrogen-bond acceptors (Lipinski definition) is 3. The molecule has 0 aliphatic carbocycles. The highest BCUT2D eigenvalue weighted by atomic mass is 16.5. The first-order valence-corrected chi connectivity index (χ1v) is 8.58. The molecule has 0 saturated heterocycles. The Morgan fingerprint density at radius 2 is 1.96 bits per heavy atom. The zero-order valence-corrected chi connectivity index (χ0v) is 16.1. The molecule has 0 fully saturated rings. The van der Waals surface area contributed by atoms with Gasteiger partial charge in [-0.2, -0.15) is 5.10 Å². The van der Waals surface area contributed by atoms with Gasteiger partial charge in [0.25, 0.3) is 0 Å². The van der Waals surface area contributed by atoms with E-state index in [1.807, 2.05) is 43.8 Å². The molecule has 1 aromatic carbocycles. The van der Waals surface area contributed by atoms with Gasteiger partial charge in [-0.05, 0) is 39.3 Å². The second-order valence-electron chi connectivity index (χ2n) is 6.27. The molecule has 0 bridgehead atoms. The first-order valence-electron chi connectivity index (χ1n) is 8.58. The zero-order valence-electron chi connectivity index (χ0n) is 16.1. The van der Waals surface area contributed by atoms with Crippen LogP contribution in [0.1, 0.15) is 29.4 Å². The SMILES string of the molecule is CN=C(NCc1c(C)nn(C)c1C)NCC(C)Oc1ccccc1C. The van der Waals surface area contributed by atoms with Gasteiger partial charge in [-0.25, -0.2) is 0 Å². The fourth-order valence-electron chi connectivity index (χ4n) is 2.65. The van der Waals surface area contributed by atoms with Crippen LogP contribution in [-0.4, -0.2) is 35.4 Å². The van der Waals surface area contributed by atoms with E-state index in [1.165, 1.54) is 5.56 Å². The van der Waals surface area contributed by atoms with Crippen molar-refractivity contribution in [3.8, 4) is 5.75 Å². The fraction of sp³-hybridized carbons (Fsp3) is 0.474. The summed E-state index contributed by atoms with van der Waals surface area (Å²) in [5.41, 5.74) is 4.55. The Labute approximate surface area is 150 Å². The summed E-state index contributed by atoms with van der Waals surface area (Å²) < 4.78 is 7.89. The Bertz CT molecular complexity index is 735. The lowest BCUT2D eigenvalue weighted by molar-refractivity contribution is 0.222. The van der Waals surface area contributed by atoms with E-state index in [2.05, 4.69) is 40.6 Å². The van der Waals surface area contributed by atoms with Crippen molar-refractivity contribution in [3.63, 3.8) is 0 Å². The second kappa shape index (κ2) is 8.55. The van der Waals surface area contributed by atoms with Crippen molar-refractivity contribution in [2.45, 2.75) is 40.3 Å². The van der Waals surface area contributed by atoms with Crippen molar-refractivity contribution in [1.82, 2.24) is 20.4 Å². The topological polar surface area (TPSA) is 63.5 Å². The highest BCUT2D eigenvalue weighted by Crippen LogP contribution is 2.17. The summed E-state index contributed by atoms with van der Waals surface area (Å²) in [5, 5.41) is 11.1. The summed E-state index contributed by atoms with van der Waals surface area (Å²) in [4.78, 5) is 4.28. The Kier molecular flexibility index (Phi) is 6.44. The van der Waals surface area contributed by atoms with Crippen LogP contribution in [0.25, 0.3) is 0 Å². The molecule has 0 aliphatic heterocycles. The fourth-order valence-corrected chi connectivity index (χ4v) is 2.65. The van der Waals surface area contributed by atoms with E-state index in [0.717, 1.165) is 28.7 Å². The van der Waals surface area contributed by atoms with E-state index in [-0.39, 0.29) is 6.10 Å². The summed E-state index contributed by atoms with van der Waals surface area (Å²) in [6, 6.07) is 8.04. The van der Waals surface area contributed by atoms with Gasteiger partial charge in [0.05, 0.1) is 12.2 Å². The molecule has 2 rings (SSSR count). The molecule has 0 amide bonds. The molecule has 0 spiro atoms. The van der Waals surface area contributed by atoms with E-state index in [0.29, 0.717) is 13.1 Å². The van der Waals surface area contributed by atoms with Crippen LogP contribution < -0.4 is 15.4 Å². The van der Waals surface area contributed by atoms with Crippen molar-refractivity contribution >= 4 is 5.96 Å². The third-order valence-electron chi connectivity index (χ3n) is 4.29. The lowest BCUT2D eigenvalue weighted by Crippen LogP contribution is -2.41. The number of hydrogen-bond donors (Lipinski definition) is 2. The number of guanidine groups is 1. The van der Waals surface area contributed by atoms with Crippen molar-refractivity contribution in [3.05, 3.63) is 46.8 Å². The summed E-state index contributed by atoms with van der Waals surface area (Å²) in [6.07, 6.45) is 0.0292. The molecule has 136 valence electrons. The monoisotopic (exact) mass is 343 g/mol. The normalized spacial score (nSPS) is 12.8. The molecule has 1 aromatic heterocycles. The van der Waals surface area contributed by atoms with E-state index >= 15 is 0 Å². The number of ether oxygens (including phenoxy) is 1. The third-order valence-corrected chi connectivity index (χ3v) is 4.29. The van der Waals surface area contributed by atoms with Gasteiger partial charge >= 0.3 is 0 Å². The smallest absolute Gasteiger partial charge is 0.191 e. The Morgan fingerprint density at radius 1 is 1.24 bits per heavy atom. The van der Waals surface area contributed by atoms with Crippen LogP contribution in [-0.2, 0) is 13.6 Å². The van der Waals surface area contributed by atoms with Crippen molar-refractivity contribution in [2.24, 2.45) is 12.0 Å². The molecule has 6 nitrogen and oxygen atoms in total. The van der Waals surface area contributed by atoms with Gasteiger partial charge in [-0.15, -0.1) is 0 Å². The van der Waals surface area contributed by atoms with E-state index in [1.54, 1.807) is 7.05 Å². The Balaban J connectivity index is 1.85. The number of aryl methyl sites for hydroxylation is 3. The molecule has 6 heteroatoms. The first-order chi connectivity index (χ1) is 11.9. The Hall–Kier alpha value is -2.50. The standard InChI is InChI=1S/C19H29N5O/c1-13-9-7-8-10-18(13)25-14(2)11-21-19(20-5)22-12-17-15(3)23-24(6)16(17)4/h7-10,14H,11-12H2,1-6H3,(H2,20,21,22). The van der Waals surface area contributed by atoms with Crippen LogP contribution in [0.5, 0.6) is 5.75 Å². The average Bonchev–Trinajstić information content (AvgIpc) is 2.82. The average molecular weight is 343 g/mol. The first kappa shape index (κ1) is 18.8. The minimum atomic E-state index is 0.0292. The maximum Gasteiger partial charge on any atom is 0.191 e. The van der Waals surface area contributed by atoms with Crippen LogP contribution in [0.2, 0.25) is 0 Å². The zero-order chi connectivity index (χ0) is 18.4. The highest BCUT2D eigenvalue weighted by Gasteiger charge is 2.11. The summed E-state index contributed by atoms with van der Waals surface area (Å²) >= 11 is 0. The summed E-state index contributed by atoms with van der Waals surface area (Å²) in [6.45, 7) is 9.55. The van der Waals surface area contributed by atoms with Crippen LogP contribution in [0.15, 0.2) is 29.3 Å². The molecule has 1 atom stereocenters. The van der Waals surface area contributed by atoms with Gasteiger partial charge in [0.15, 0.2) is 5.96 Å². The quantitative estimate of drug-likeness (QED) is 0.625. The molecule has 1 unspecified atom stereocenters. The number of aromatic nitrogens is 2. The van der Waals surface area contributed by atoms with E-state index in [9.17, 15) is 0 Å². The van der Waals surface area contributed by atoms with Gasteiger partial charge in [0.1, 0.15) is 11.9 Å². The molecule has 0 saturated carbocycles. The van der Waals surface area contributed by atoms with Crippen LogP contribution >= 0.6 is 0 Å². The van der Waals surface area contributed by atoms with Gasteiger partial charge in [-0.1, -0.05) is 18.2 Å². The number of nitrogens with zero attached hydrogens (tertiary/aromatic N) is 3. The van der Waals surface area contributed by atoms with Gasteiger partial charge in [0, 0.05) is 31.9 Å². The van der Waals surface area contributed by atoms with Gasteiger partial charge in [0.2, 0.25) is 0 Å². The third kappa shape index (κ3) is 4.98. The molecule has 0 aliphatic rings. The van der Waals surface area contributed by atoms with Crippen molar-refractivity contribution < 1.29 is 4.74 Å². The molecular formula is C19H29N5O. The number of aliphatic imine (C=N–C) groups is 1. The van der Waals surface area contributed by atoms with Crippen LogP contribution in [0.3, 0.4) is 0 Å². The van der Waals surface area contributed by atoms with E-state index in [4.69, 9.17) is 4.74 Å². The molecule has 0 radical (unpaired) electrons. The lowest BCUT2D eigenvalue weighted by Gasteiger charge is -2.19. The Morgan fingerprint density at radius 3 is 2.56 bits per heavy atom. The molecule has 1 heterocycles. The predicted octanol–water partition coefficient (Wildman–Crippen LogP) is 2.48. The lowest BCUT2D eigenvalue weighted by atomic mass is 10.2. The summed E-state index contributed by atoms with van der Waals surface area (Å²) in [7, 11) is 3.73. The summed E-state index contributed by atoms with van der Waals surface area (Å²) in [5.74, 6) is 1.67. The number of nitrogens with one attached hydrogen (secondary N) is 2. The minimum Gasteiger partial charge on any atom is -0.489 e. The largest absolute Gasteiger partial charge is 0.489 e. The van der Waals surface area contributed by atoms with Gasteiger partial charge < -0.3 is 15.4 Å². The maximum atomic E-state index is 5.99. The maximum absolute atomic E-state index is 5.99. The van der Waals surface area contributed by atoms with Crippen LogP contribution in [0, 0.1) is 20.8 Å². The number of rotatable bonds is 6. The predicted molar refractivity (Wildman–Crippen MR) is 102 cm³/mol. The molecular weight excluding hydrogens is 314 g/mol. The number of para-hydroxylation sites is 1. The second-order valence-corrected chi connectivity index (χ2v) is 6.27. The van der Waals surface area contributed by atoms with Gasteiger partial charge in [-0.3, -0.25) is 9.67 Å². The highest BCUT2D eigenvalue weighted by molar-refractivity contribution is 5.79. The van der Waals surface area contributed by atoms with Crippen LogP contribution in [0.4, 0.5) is 0 Å². The molecule has 2 aromatic rings. The van der Waals surface area contributed by atoms with Crippen molar-refractivity contribution in [2.75, 3.05) is 13.6 Å². The number of benzene rings is 1.